The van der Waals surface area contributed by atoms with Crippen LogP contribution in [0.25, 0.3) is 0 Å². The number of aliphatic imine (C=N–C) groups is 1. The number of hydrogen-bond acceptors (Lipinski definition) is 14. The first-order valence-electron chi connectivity index (χ1n) is 13.6. The van der Waals surface area contributed by atoms with E-state index in [0.717, 1.165) is 27.9 Å². The highest BCUT2D eigenvalue weighted by atomic mass is 16.6. The minimum absolute atomic E-state index is 0.371. The number of nitrogens with one attached hydrogen (secondary N) is 2. The number of ether oxygens (including phenoxy) is 7. The highest BCUT2D eigenvalue weighted by Crippen LogP contribution is 2.32. The van der Waals surface area contributed by atoms with E-state index in [2.05, 4.69) is 15.6 Å². The van der Waals surface area contributed by atoms with Crippen LogP contribution >= 0.6 is 0 Å². The number of carbonyl (C=O) groups is 6. The molecular formula is C28H43N3O13. The van der Waals surface area contributed by atoms with Crippen LogP contribution in [0, 0.1) is 5.92 Å². The first-order valence-corrected chi connectivity index (χ1v) is 13.6. The van der Waals surface area contributed by atoms with Crippen molar-refractivity contribution in [2.45, 2.75) is 105 Å². The maximum Gasteiger partial charge on any atom is 0.414 e. The predicted molar refractivity (Wildman–Crippen MR) is 152 cm³/mol. The molecule has 1 aliphatic rings. The molecule has 0 saturated heterocycles. The summed E-state index contributed by atoms with van der Waals surface area (Å²) in [5.41, 5.74) is -1.80. The van der Waals surface area contributed by atoms with E-state index in [1.807, 2.05) is 0 Å². The molecule has 44 heavy (non-hydrogen) atoms. The van der Waals surface area contributed by atoms with Crippen molar-refractivity contribution in [3.63, 3.8) is 0 Å². The van der Waals surface area contributed by atoms with Gasteiger partial charge in [0, 0.05) is 26.7 Å². The molecule has 0 radical (unpaired) electrons. The Morgan fingerprint density at radius 2 is 1.36 bits per heavy atom. The van der Waals surface area contributed by atoms with Crippen molar-refractivity contribution in [2.75, 3.05) is 13.7 Å². The zero-order valence-corrected chi connectivity index (χ0v) is 26.9. The van der Waals surface area contributed by atoms with Crippen LogP contribution in [0.3, 0.4) is 0 Å². The van der Waals surface area contributed by atoms with Crippen LogP contribution in [-0.2, 0) is 52.3 Å². The van der Waals surface area contributed by atoms with Crippen LogP contribution < -0.4 is 10.6 Å². The van der Waals surface area contributed by atoms with Crippen molar-refractivity contribution < 1.29 is 61.9 Å². The summed E-state index contributed by atoms with van der Waals surface area (Å²) in [5, 5.41) is 4.70. The van der Waals surface area contributed by atoms with Crippen molar-refractivity contribution in [2.24, 2.45) is 10.9 Å². The standard InChI is InChI=1S/C28H43N3O13/c1-14-18(29-24(30-25(36)43-27(5,6)7)31-26(37)44-28(8,9)10)12-19(23(35)38-11)42-21(14)22(41-17(4)34)20(40-16(3)33)13-39-15(2)32/h12,14,18,20-22H,13H2,1-11H3,(H2,29,30,31,36,37)/t14-,18+,20-,21-,22-/m1/s1. The van der Waals surface area contributed by atoms with Crippen molar-refractivity contribution in [3.8, 4) is 0 Å². The summed E-state index contributed by atoms with van der Waals surface area (Å²) in [7, 11) is 1.10. The van der Waals surface area contributed by atoms with Crippen LogP contribution in [0.1, 0.15) is 69.2 Å². The van der Waals surface area contributed by atoms with Crippen molar-refractivity contribution >= 4 is 42.0 Å². The molecule has 0 bridgehead atoms. The fourth-order valence-corrected chi connectivity index (χ4v) is 3.73. The lowest BCUT2D eigenvalue weighted by Crippen LogP contribution is -2.53. The van der Waals surface area contributed by atoms with Crippen molar-refractivity contribution in [1.82, 2.24) is 10.6 Å². The quantitative estimate of drug-likeness (QED) is 0.171. The van der Waals surface area contributed by atoms with Gasteiger partial charge in [0.2, 0.25) is 11.7 Å². The van der Waals surface area contributed by atoms with Crippen LogP contribution in [-0.4, -0.2) is 91.3 Å². The van der Waals surface area contributed by atoms with Crippen molar-refractivity contribution in [3.05, 3.63) is 11.8 Å². The van der Waals surface area contributed by atoms with E-state index in [4.69, 9.17) is 33.2 Å². The summed E-state index contributed by atoms with van der Waals surface area (Å²) >= 11 is 0. The predicted octanol–water partition coefficient (Wildman–Crippen LogP) is 2.28. The van der Waals surface area contributed by atoms with Gasteiger partial charge in [-0.05, 0) is 47.6 Å². The van der Waals surface area contributed by atoms with Gasteiger partial charge in [0.25, 0.3) is 0 Å². The Morgan fingerprint density at radius 3 is 1.77 bits per heavy atom. The first-order chi connectivity index (χ1) is 20.1. The second-order valence-corrected chi connectivity index (χ2v) is 11.7. The topological polar surface area (TPSA) is 203 Å². The van der Waals surface area contributed by atoms with E-state index in [1.54, 1.807) is 48.5 Å². The fourth-order valence-electron chi connectivity index (χ4n) is 3.73. The lowest BCUT2D eigenvalue weighted by Gasteiger charge is -2.39. The van der Waals surface area contributed by atoms with Gasteiger partial charge in [0.05, 0.1) is 13.2 Å². The Balaban J connectivity index is 3.70. The lowest BCUT2D eigenvalue weighted by molar-refractivity contribution is -0.189. The Bertz CT molecular complexity index is 1120. The molecule has 248 valence electrons. The number of nitrogens with zero attached hydrogens (tertiary/aromatic N) is 1. The van der Waals surface area contributed by atoms with E-state index in [9.17, 15) is 28.8 Å². The van der Waals surface area contributed by atoms with Gasteiger partial charge in [0.1, 0.15) is 23.9 Å². The Kier molecular flexibility index (Phi) is 13.6. The zero-order valence-electron chi connectivity index (χ0n) is 26.9. The molecule has 0 aromatic carbocycles. The van der Waals surface area contributed by atoms with Gasteiger partial charge >= 0.3 is 36.1 Å². The van der Waals surface area contributed by atoms with Crippen molar-refractivity contribution in [1.29, 1.82) is 0 Å². The van der Waals surface area contributed by atoms with Gasteiger partial charge in [-0.15, -0.1) is 0 Å². The van der Waals surface area contributed by atoms with Gasteiger partial charge in [-0.2, -0.15) is 0 Å². The molecule has 0 unspecified atom stereocenters. The smallest absolute Gasteiger partial charge is 0.414 e. The van der Waals surface area contributed by atoms with Gasteiger partial charge in [-0.3, -0.25) is 25.0 Å². The third-order valence-electron chi connectivity index (χ3n) is 5.31. The number of guanidine groups is 1. The Hall–Kier alpha value is -4.37. The molecule has 0 aromatic rings. The van der Waals surface area contributed by atoms with Gasteiger partial charge in [0.15, 0.2) is 12.2 Å². The van der Waals surface area contributed by atoms with Gasteiger partial charge in [-0.1, -0.05) is 6.92 Å². The highest BCUT2D eigenvalue weighted by Gasteiger charge is 2.46. The molecule has 5 atom stereocenters. The molecule has 2 N–H and O–H groups in total. The summed E-state index contributed by atoms with van der Waals surface area (Å²) in [6, 6.07) is -1.08. The molecule has 0 saturated carbocycles. The van der Waals surface area contributed by atoms with E-state index < -0.39 is 90.1 Å². The number of amides is 2. The summed E-state index contributed by atoms with van der Waals surface area (Å²) in [6.07, 6.45) is -4.73. The summed E-state index contributed by atoms with van der Waals surface area (Å²) < 4.78 is 37.0. The number of esters is 4. The van der Waals surface area contributed by atoms with E-state index in [1.165, 1.54) is 6.08 Å². The maximum atomic E-state index is 12.6. The average molecular weight is 630 g/mol. The second kappa shape index (κ2) is 15.9. The third-order valence-corrected chi connectivity index (χ3v) is 5.31. The zero-order chi connectivity index (χ0) is 34.0. The lowest BCUT2D eigenvalue weighted by atomic mass is 9.87. The SMILES string of the molecule is COC(=O)C1=C[C@H](N=C(NC(=O)OC(C)(C)C)NC(=O)OC(C)(C)C)[C@@H](C)[C@H]([C@H](OC(C)=O)[C@@H](COC(C)=O)OC(C)=O)O1. The second-order valence-electron chi connectivity index (χ2n) is 11.7. The molecule has 0 aromatic heterocycles. The summed E-state index contributed by atoms with van der Waals surface area (Å²) in [4.78, 5) is 77.9. The van der Waals surface area contributed by atoms with Gasteiger partial charge < -0.3 is 33.2 Å². The monoisotopic (exact) mass is 629 g/mol. The number of methoxy groups -OCH3 is 1. The normalized spacial score (nSPS) is 19.3. The largest absolute Gasteiger partial charge is 0.479 e. The number of hydrogen-bond donors (Lipinski definition) is 2. The Labute approximate surface area is 256 Å². The van der Waals surface area contributed by atoms with Crippen LogP contribution in [0.5, 0.6) is 0 Å². The minimum Gasteiger partial charge on any atom is -0.479 e. The summed E-state index contributed by atoms with van der Waals surface area (Å²) in [5.74, 6) is -4.83. The molecule has 0 aliphatic carbocycles. The third kappa shape index (κ3) is 13.7. The number of rotatable bonds is 8. The molecule has 16 heteroatoms. The Morgan fingerprint density at radius 1 is 0.864 bits per heavy atom. The molecule has 16 nitrogen and oxygen atoms in total. The maximum absolute atomic E-state index is 12.6. The molecule has 0 spiro atoms. The van der Waals surface area contributed by atoms with Crippen LogP contribution in [0.15, 0.2) is 16.8 Å². The number of alkyl carbamates (subject to hydrolysis) is 2. The molecule has 0 fully saturated rings. The highest BCUT2D eigenvalue weighted by molar-refractivity contribution is 6.01. The van der Waals surface area contributed by atoms with Crippen LogP contribution in [0.4, 0.5) is 9.59 Å². The molecule has 2 amide bonds. The minimum atomic E-state index is -1.43. The summed E-state index contributed by atoms with van der Waals surface area (Å²) in [6.45, 7) is 14.2. The van der Waals surface area contributed by atoms with Gasteiger partial charge in [-0.25, -0.2) is 19.4 Å². The molecule has 1 heterocycles. The number of carbonyl (C=O) groups excluding carboxylic acids is 6. The molecule has 1 aliphatic heterocycles. The molecular weight excluding hydrogens is 586 g/mol. The van der Waals surface area contributed by atoms with E-state index >= 15 is 0 Å². The fraction of sp³-hybridized carbons (Fsp3) is 0.679. The van der Waals surface area contributed by atoms with E-state index in [0.29, 0.717) is 0 Å². The average Bonchev–Trinajstić information content (AvgIpc) is 2.83. The first kappa shape index (κ1) is 37.7. The van der Waals surface area contributed by atoms with E-state index in [-0.39, 0.29) is 5.76 Å². The molecule has 1 rings (SSSR count). The van der Waals surface area contributed by atoms with Crippen LogP contribution in [0.2, 0.25) is 0 Å².